The van der Waals surface area contributed by atoms with Crippen molar-refractivity contribution in [3.05, 3.63) is 6.33 Å². The molecule has 0 radical (unpaired) electrons. The first kappa shape index (κ1) is 14.5. The minimum atomic E-state index is 0.0380. The molecule has 0 spiro atoms. The van der Waals surface area contributed by atoms with Crippen molar-refractivity contribution >= 4 is 5.91 Å². The van der Waals surface area contributed by atoms with Crippen LogP contribution in [0.15, 0.2) is 6.33 Å². The Kier molecular flexibility index (Phi) is 4.51. The van der Waals surface area contributed by atoms with Crippen molar-refractivity contribution in [3.63, 3.8) is 0 Å². The fraction of sp³-hybridized carbons (Fsp3) is 0.867. The summed E-state index contributed by atoms with van der Waals surface area (Å²) in [6, 6.07) is 0.408. The molecule has 0 saturated heterocycles. The van der Waals surface area contributed by atoms with Gasteiger partial charge in [0.15, 0.2) is 0 Å². The highest BCUT2D eigenvalue weighted by atomic mass is 16.1. The first-order valence-electron chi connectivity index (χ1n) is 8.26. The minimum absolute atomic E-state index is 0.0380. The Morgan fingerprint density at radius 1 is 1.19 bits per heavy atom. The molecule has 6 nitrogen and oxygen atoms in total. The molecule has 0 aromatic carbocycles. The van der Waals surface area contributed by atoms with Gasteiger partial charge in [0.05, 0.1) is 6.54 Å². The molecule has 1 heterocycles. The van der Waals surface area contributed by atoms with Gasteiger partial charge in [0.2, 0.25) is 5.91 Å². The average molecular weight is 291 g/mol. The number of carbonyl (C=O) groups is 1. The van der Waals surface area contributed by atoms with E-state index in [4.69, 9.17) is 0 Å². The van der Waals surface area contributed by atoms with Crippen LogP contribution in [-0.2, 0) is 11.3 Å². The number of tetrazole rings is 1. The Bertz CT molecular complexity index is 447. The Morgan fingerprint density at radius 3 is 2.62 bits per heavy atom. The quantitative estimate of drug-likeness (QED) is 0.901. The molecule has 1 aromatic rings. The standard InChI is InChI=1S/C15H25N5O/c21-14(17-13-6-2-3-7-13)10-15(8-4-1-5-9-15)11-20-12-16-18-19-20/h12-13H,1-11H2,(H,17,21). The van der Waals surface area contributed by atoms with E-state index in [0.29, 0.717) is 12.5 Å². The highest BCUT2D eigenvalue weighted by Gasteiger charge is 2.35. The van der Waals surface area contributed by atoms with Crippen molar-refractivity contribution in [3.8, 4) is 0 Å². The zero-order valence-corrected chi connectivity index (χ0v) is 12.6. The molecule has 0 unspecified atom stereocenters. The third-order valence-electron chi connectivity index (χ3n) is 5.06. The van der Waals surface area contributed by atoms with E-state index in [1.54, 1.807) is 11.0 Å². The second-order valence-corrected chi connectivity index (χ2v) is 6.79. The van der Waals surface area contributed by atoms with Crippen LogP contribution < -0.4 is 5.32 Å². The monoisotopic (exact) mass is 291 g/mol. The molecule has 116 valence electrons. The largest absolute Gasteiger partial charge is 0.353 e. The van der Waals surface area contributed by atoms with Gasteiger partial charge in [-0.3, -0.25) is 4.79 Å². The van der Waals surface area contributed by atoms with Gasteiger partial charge in [-0.2, -0.15) is 0 Å². The number of amides is 1. The lowest BCUT2D eigenvalue weighted by molar-refractivity contribution is -0.125. The SMILES string of the molecule is O=C(CC1(Cn2cnnn2)CCCCC1)NC1CCCC1. The molecule has 2 aliphatic carbocycles. The second kappa shape index (κ2) is 6.54. The highest BCUT2D eigenvalue weighted by Crippen LogP contribution is 2.40. The van der Waals surface area contributed by atoms with Crippen molar-refractivity contribution in [2.75, 3.05) is 0 Å². The Labute approximate surface area is 125 Å². The van der Waals surface area contributed by atoms with Gasteiger partial charge in [0.1, 0.15) is 6.33 Å². The van der Waals surface area contributed by atoms with Gasteiger partial charge in [-0.25, -0.2) is 4.68 Å². The van der Waals surface area contributed by atoms with Gasteiger partial charge in [-0.05, 0) is 41.5 Å². The first-order valence-corrected chi connectivity index (χ1v) is 8.26. The van der Waals surface area contributed by atoms with Crippen LogP contribution in [0, 0.1) is 5.41 Å². The molecule has 1 N–H and O–H groups in total. The molecule has 0 aliphatic heterocycles. The van der Waals surface area contributed by atoms with E-state index >= 15 is 0 Å². The Balaban J connectivity index is 1.62. The third-order valence-corrected chi connectivity index (χ3v) is 5.06. The average Bonchev–Trinajstić information content (AvgIpc) is 3.13. The number of nitrogens with one attached hydrogen (secondary N) is 1. The van der Waals surface area contributed by atoms with Crippen LogP contribution in [0.3, 0.4) is 0 Å². The van der Waals surface area contributed by atoms with Gasteiger partial charge >= 0.3 is 0 Å². The molecular weight excluding hydrogens is 266 g/mol. The lowest BCUT2D eigenvalue weighted by atomic mass is 9.71. The van der Waals surface area contributed by atoms with Gasteiger partial charge in [0, 0.05) is 12.5 Å². The van der Waals surface area contributed by atoms with E-state index < -0.39 is 0 Å². The van der Waals surface area contributed by atoms with Crippen LogP contribution in [-0.4, -0.2) is 32.2 Å². The van der Waals surface area contributed by atoms with Crippen molar-refractivity contribution in [2.45, 2.75) is 76.8 Å². The predicted molar refractivity (Wildman–Crippen MR) is 78.4 cm³/mol. The maximum atomic E-state index is 12.4. The predicted octanol–water partition coefficient (Wildman–Crippen LogP) is 2.07. The van der Waals surface area contributed by atoms with E-state index in [1.165, 1.54) is 32.1 Å². The number of hydrogen-bond donors (Lipinski definition) is 1. The van der Waals surface area contributed by atoms with Gasteiger partial charge in [0.25, 0.3) is 0 Å². The molecule has 2 saturated carbocycles. The molecule has 6 heteroatoms. The summed E-state index contributed by atoms with van der Waals surface area (Å²) in [6.45, 7) is 0.762. The maximum Gasteiger partial charge on any atom is 0.220 e. The zero-order chi connectivity index (χ0) is 14.5. The summed E-state index contributed by atoms with van der Waals surface area (Å²) in [4.78, 5) is 12.4. The molecule has 2 aliphatic rings. The van der Waals surface area contributed by atoms with Gasteiger partial charge < -0.3 is 5.32 Å². The summed E-state index contributed by atoms with van der Waals surface area (Å²) in [5.41, 5.74) is 0.0380. The lowest BCUT2D eigenvalue weighted by Gasteiger charge is -2.36. The number of hydrogen-bond acceptors (Lipinski definition) is 4. The van der Waals surface area contributed by atoms with E-state index in [0.717, 1.165) is 32.2 Å². The van der Waals surface area contributed by atoms with Gasteiger partial charge in [-0.1, -0.05) is 32.1 Å². The number of nitrogens with zero attached hydrogens (tertiary/aromatic N) is 4. The topological polar surface area (TPSA) is 72.7 Å². The summed E-state index contributed by atoms with van der Waals surface area (Å²) < 4.78 is 1.79. The molecule has 0 bridgehead atoms. The van der Waals surface area contributed by atoms with Gasteiger partial charge in [-0.15, -0.1) is 5.10 Å². The highest BCUT2D eigenvalue weighted by molar-refractivity contribution is 5.77. The van der Waals surface area contributed by atoms with E-state index in [9.17, 15) is 4.79 Å². The maximum absolute atomic E-state index is 12.4. The molecule has 2 fully saturated rings. The minimum Gasteiger partial charge on any atom is -0.353 e. The first-order chi connectivity index (χ1) is 10.3. The normalized spacial score (nSPS) is 22.3. The zero-order valence-electron chi connectivity index (χ0n) is 12.6. The molecule has 3 rings (SSSR count). The van der Waals surface area contributed by atoms with Crippen molar-refractivity contribution in [1.82, 2.24) is 25.5 Å². The number of carbonyl (C=O) groups excluding carboxylic acids is 1. The fourth-order valence-corrected chi connectivity index (χ4v) is 3.98. The van der Waals surface area contributed by atoms with Crippen LogP contribution in [0.4, 0.5) is 0 Å². The van der Waals surface area contributed by atoms with Crippen molar-refractivity contribution in [1.29, 1.82) is 0 Å². The Hall–Kier alpha value is -1.46. The van der Waals surface area contributed by atoms with Crippen molar-refractivity contribution < 1.29 is 4.79 Å². The summed E-state index contributed by atoms with van der Waals surface area (Å²) >= 11 is 0. The third kappa shape index (κ3) is 3.80. The van der Waals surface area contributed by atoms with E-state index in [1.807, 2.05) is 0 Å². The van der Waals surface area contributed by atoms with Crippen molar-refractivity contribution in [2.24, 2.45) is 5.41 Å². The van der Waals surface area contributed by atoms with Crippen LogP contribution in [0.5, 0.6) is 0 Å². The smallest absolute Gasteiger partial charge is 0.220 e. The molecular formula is C15H25N5O. The Morgan fingerprint density at radius 2 is 1.95 bits per heavy atom. The molecule has 0 atom stereocenters. The summed E-state index contributed by atoms with van der Waals surface area (Å²) in [5.74, 6) is 0.219. The van der Waals surface area contributed by atoms with Crippen LogP contribution in [0.25, 0.3) is 0 Å². The molecule has 21 heavy (non-hydrogen) atoms. The summed E-state index contributed by atoms with van der Waals surface area (Å²) in [7, 11) is 0. The van der Waals surface area contributed by atoms with Crippen LogP contribution in [0.1, 0.15) is 64.2 Å². The number of aromatic nitrogens is 4. The summed E-state index contributed by atoms with van der Waals surface area (Å²) in [5, 5.41) is 14.6. The number of rotatable bonds is 5. The summed E-state index contributed by atoms with van der Waals surface area (Å²) in [6.07, 6.45) is 13.0. The van der Waals surface area contributed by atoms with E-state index in [2.05, 4.69) is 20.8 Å². The van der Waals surface area contributed by atoms with Crippen LogP contribution in [0.2, 0.25) is 0 Å². The fourth-order valence-electron chi connectivity index (χ4n) is 3.98. The lowest BCUT2D eigenvalue weighted by Crippen LogP contribution is -2.39. The van der Waals surface area contributed by atoms with Crippen LogP contribution >= 0.6 is 0 Å². The molecule has 1 amide bonds. The second-order valence-electron chi connectivity index (χ2n) is 6.79. The van der Waals surface area contributed by atoms with E-state index in [-0.39, 0.29) is 11.3 Å². The molecule has 1 aromatic heterocycles.